The number of aliphatic carboxylic acids is 1. The van der Waals surface area contributed by atoms with Gasteiger partial charge in [0.05, 0.1) is 25.3 Å². The summed E-state index contributed by atoms with van der Waals surface area (Å²) in [5, 5.41) is 21.8. The fraction of sp³-hybridized carbons (Fsp3) is 0.333. The molecule has 0 aliphatic rings. The number of fused-ring (bicyclic) bond motifs is 1. The molecule has 0 aromatic carbocycles. The minimum absolute atomic E-state index is 0.160. The highest BCUT2D eigenvalue weighted by Gasteiger charge is 2.14. The van der Waals surface area contributed by atoms with Crippen molar-refractivity contribution in [2.24, 2.45) is 0 Å². The molecule has 8 heteroatoms. The van der Waals surface area contributed by atoms with Gasteiger partial charge in [-0.05, 0) is 0 Å². The molecule has 1 unspecified atom stereocenters. The molecule has 0 radical (unpaired) electrons. The number of rotatable bonds is 4. The molecule has 1 atom stereocenters. The Morgan fingerprint density at radius 3 is 2.94 bits per heavy atom. The molecule has 0 saturated heterocycles. The van der Waals surface area contributed by atoms with E-state index in [1.807, 2.05) is 0 Å². The molecular formula is C9H10N4O4. The van der Waals surface area contributed by atoms with Gasteiger partial charge in [-0.3, -0.25) is 9.78 Å². The molecule has 2 rings (SSSR count). The third kappa shape index (κ3) is 2.31. The van der Waals surface area contributed by atoms with E-state index in [9.17, 15) is 14.7 Å². The largest absolute Gasteiger partial charge is 0.481 e. The summed E-state index contributed by atoms with van der Waals surface area (Å²) in [6, 6.07) is 0. The van der Waals surface area contributed by atoms with Crippen LogP contribution in [0.3, 0.4) is 0 Å². The van der Waals surface area contributed by atoms with Gasteiger partial charge in [0.25, 0.3) is 0 Å². The molecule has 0 fully saturated rings. The number of aliphatic hydroxyl groups excluding tert-OH is 1. The number of nitrogens with zero attached hydrogens (tertiary/aromatic N) is 4. The molecule has 0 bridgehead atoms. The Balaban J connectivity index is 2.27. The maximum absolute atomic E-state index is 11.7. The molecule has 0 aliphatic heterocycles. The van der Waals surface area contributed by atoms with Crippen LogP contribution in [-0.4, -0.2) is 41.5 Å². The maximum atomic E-state index is 11.7. The number of hydrogen-bond donors (Lipinski definition) is 2. The summed E-state index contributed by atoms with van der Waals surface area (Å²) in [7, 11) is 0. The molecule has 0 aliphatic carbocycles. The Morgan fingerprint density at radius 2 is 2.29 bits per heavy atom. The molecule has 0 saturated carbocycles. The van der Waals surface area contributed by atoms with Crippen molar-refractivity contribution < 1.29 is 15.0 Å². The van der Waals surface area contributed by atoms with Crippen LogP contribution in [0.25, 0.3) is 5.65 Å². The van der Waals surface area contributed by atoms with Crippen LogP contribution < -0.4 is 5.69 Å². The van der Waals surface area contributed by atoms with Crippen LogP contribution in [-0.2, 0) is 11.3 Å². The van der Waals surface area contributed by atoms with Crippen molar-refractivity contribution in [3.63, 3.8) is 0 Å². The number of hydrogen-bond acceptors (Lipinski definition) is 5. The Morgan fingerprint density at radius 1 is 1.53 bits per heavy atom. The molecule has 2 aromatic rings. The van der Waals surface area contributed by atoms with Crippen molar-refractivity contribution in [1.82, 2.24) is 19.2 Å². The zero-order chi connectivity index (χ0) is 12.4. The molecular weight excluding hydrogens is 228 g/mol. The van der Waals surface area contributed by atoms with E-state index in [-0.39, 0.29) is 6.54 Å². The highest BCUT2D eigenvalue weighted by atomic mass is 16.4. The van der Waals surface area contributed by atoms with Gasteiger partial charge in [0.15, 0.2) is 5.65 Å². The van der Waals surface area contributed by atoms with Crippen LogP contribution >= 0.6 is 0 Å². The quantitative estimate of drug-likeness (QED) is 0.687. The first-order chi connectivity index (χ1) is 8.08. The van der Waals surface area contributed by atoms with E-state index in [0.717, 1.165) is 4.68 Å². The lowest BCUT2D eigenvalue weighted by Crippen LogP contribution is -2.28. The van der Waals surface area contributed by atoms with Crippen molar-refractivity contribution in [1.29, 1.82) is 0 Å². The van der Waals surface area contributed by atoms with Gasteiger partial charge in [-0.1, -0.05) is 0 Å². The summed E-state index contributed by atoms with van der Waals surface area (Å²) in [6.07, 6.45) is 2.71. The van der Waals surface area contributed by atoms with Crippen LogP contribution in [0.4, 0.5) is 0 Å². The van der Waals surface area contributed by atoms with Crippen molar-refractivity contribution in [3.8, 4) is 0 Å². The van der Waals surface area contributed by atoms with Gasteiger partial charge in [0.1, 0.15) is 0 Å². The van der Waals surface area contributed by atoms with Gasteiger partial charge < -0.3 is 10.2 Å². The predicted octanol–water partition coefficient (Wildman–Crippen LogP) is -1.27. The standard InChI is InChI=1S/C9H10N4O4/c14-6(3-8(15)16)5-13-9(17)12-2-1-10-4-7(12)11-13/h1-2,4,6,14H,3,5H2,(H,15,16). The summed E-state index contributed by atoms with van der Waals surface area (Å²) in [4.78, 5) is 25.9. The first kappa shape index (κ1) is 11.3. The van der Waals surface area contributed by atoms with Gasteiger partial charge in [-0.2, -0.15) is 0 Å². The van der Waals surface area contributed by atoms with E-state index >= 15 is 0 Å². The van der Waals surface area contributed by atoms with Crippen LogP contribution in [0.1, 0.15) is 6.42 Å². The number of carboxylic acids is 1. The second-order valence-electron chi connectivity index (χ2n) is 3.52. The smallest absolute Gasteiger partial charge is 0.350 e. The van der Waals surface area contributed by atoms with Gasteiger partial charge in [-0.15, -0.1) is 5.10 Å². The van der Waals surface area contributed by atoms with E-state index in [0.29, 0.717) is 5.65 Å². The Hall–Kier alpha value is -2.22. The van der Waals surface area contributed by atoms with Crippen molar-refractivity contribution in [2.75, 3.05) is 0 Å². The summed E-state index contributed by atoms with van der Waals surface area (Å²) in [6.45, 7) is -0.160. The van der Waals surface area contributed by atoms with E-state index in [1.165, 1.54) is 23.0 Å². The number of aromatic nitrogens is 4. The average Bonchev–Trinajstić information content (AvgIpc) is 2.55. The normalized spacial score (nSPS) is 12.8. The third-order valence-electron chi connectivity index (χ3n) is 2.18. The Kier molecular flexibility index (Phi) is 2.88. The maximum Gasteiger partial charge on any atom is 0.350 e. The van der Waals surface area contributed by atoms with Crippen molar-refractivity contribution >= 4 is 11.6 Å². The first-order valence-corrected chi connectivity index (χ1v) is 4.87. The zero-order valence-corrected chi connectivity index (χ0v) is 8.72. The van der Waals surface area contributed by atoms with E-state index in [1.54, 1.807) is 0 Å². The minimum atomic E-state index is -1.15. The average molecular weight is 238 g/mol. The number of carboxylic acid groups (broad SMARTS) is 1. The summed E-state index contributed by atoms with van der Waals surface area (Å²) < 4.78 is 2.28. The highest BCUT2D eigenvalue weighted by Crippen LogP contribution is 1.97. The van der Waals surface area contributed by atoms with Gasteiger partial charge in [-0.25, -0.2) is 13.9 Å². The summed E-state index contributed by atoms with van der Waals surface area (Å²) in [5.41, 5.74) is -0.0909. The minimum Gasteiger partial charge on any atom is -0.481 e. The molecule has 2 aromatic heterocycles. The second-order valence-corrected chi connectivity index (χ2v) is 3.52. The zero-order valence-electron chi connectivity index (χ0n) is 8.72. The number of carbonyl (C=O) groups is 1. The fourth-order valence-corrected chi connectivity index (χ4v) is 1.46. The summed E-state index contributed by atoms with van der Waals surface area (Å²) >= 11 is 0. The van der Waals surface area contributed by atoms with Gasteiger partial charge in [0, 0.05) is 12.4 Å². The molecule has 8 nitrogen and oxygen atoms in total. The molecule has 0 amide bonds. The first-order valence-electron chi connectivity index (χ1n) is 4.87. The Bertz CT molecular complexity index is 602. The lowest BCUT2D eigenvalue weighted by Gasteiger charge is -2.05. The second kappa shape index (κ2) is 4.34. The highest BCUT2D eigenvalue weighted by molar-refractivity contribution is 5.67. The lowest BCUT2D eigenvalue weighted by atomic mass is 10.2. The van der Waals surface area contributed by atoms with Crippen LogP contribution in [0, 0.1) is 0 Å². The molecule has 17 heavy (non-hydrogen) atoms. The predicted molar refractivity (Wildman–Crippen MR) is 55.5 cm³/mol. The third-order valence-corrected chi connectivity index (χ3v) is 2.18. The topological polar surface area (TPSA) is 110 Å². The van der Waals surface area contributed by atoms with Crippen LogP contribution in [0.2, 0.25) is 0 Å². The monoisotopic (exact) mass is 238 g/mol. The molecule has 90 valence electrons. The Labute approximate surface area is 94.8 Å². The van der Waals surface area contributed by atoms with Gasteiger partial charge >= 0.3 is 11.7 Å². The fourth-order valence-electron chi connectivity index (χ4n) is 1.46. The SMILES string of the molecule is O=C(O)CC(O)Cn1nc2cnccn2c1=O. The number of aliphatic hydroxyl groups is 1. The van der Waals surface area contributed by atoms with E-state index in [2.05, 4.69) is 10.1 Å². The van der Waals surface area contributed by atoms with E-state index < -0.39 is 24.2 Å². The van der Waals surface area contributed by atoms with Gasteiger partial charge in [0.2, 0.25) is 0 Å². The lowest BCUT2D eigenvalue weighted by molar-refractivity contribution is -0.139. The van der Waals surface area contributed by atoms with Crippen LogP contribution in [0.5, 0.6) is 0 Å². The molecule has 2 heterocycles. The molecule has 0 spiro atoms. The summed E-state index contributed by atoms with van der Waals surface area (Å²) in [5.74, 6) is -1.13. The van der Waals surface area contributed by atoms with Crippen molar-refractivity contribution in [2.45, 2.75) is 19.1 Å². The van der Waals surface area contributed by atoms with Crippen LogP contribution in [0.15, 0.2) is 23.4 Å². The van der Waals surface area contributed by atoms with Crippen molar-refractivity contribution in [3.05, 3.63) is 29.1 Å². The van der Waals surface area contributed by atoms with E-state index in [4.69, 9.17) is 5.11 Å². The molecule has 2 N–H and O–H groups in total.